The van der Waals surface area contributed by atoms with Crippen LogP contribution in [0.2, 0.25) is 0 Å². The predicted octanol–water partition coefficient (Wildman–Crippen LogP) is 5.19. The molecule has 1 fully saturated rings. The van der Waals surface area contributed by atoms with Crippen molar-refractivity contribution in [3.05, 3.63) is 24.0 Å². The van der Waals surface area contributed by atoms with Gasteiger partial charge in [0.25, 0.3) is 0 Å². The fraction of sp³-hybridized carbons (Fsp3) is 0.500. The van der Waals surface area contributed by atoms with E-state index in [1.165, 1.54) is 0 Å². The van der Waals surface area contributed by atoms with Crippen LogP contribution >= 0.6 is 10.2 Å². The van der Waals surface area contributed by atoms with E-state index >= 15 is 0 Å². The second-order valence-corrected chi connectivity index (χ2v) is 8.57. The Balaban J connectivity index is 2.27. The zero-order valence-corrected chi connectivity index (χ0v) is 13.6. The highest BCUT2D eigenvalue weighted by Gasteiger charge is 2.67. The van der Waals surface area contributed by atoms with Gasteiger partial charge in [0, 0.05) is 11.7 Å². The van der Waals surface area contributed by atoms with Crippen molar-refractivity contribution in [3.63, 3.8) is 0 Å². The van der Waals surface area contributed by atoms with E-state index in [0.29, 0.717) is 6.42 Å². The molecule has 2 unspecified atom stereocenters. The van der Waals surface area contributed by atoms with Crippen LogP contribution in [0.1, 0.15) is 26.2 Å². The monoisotopic (exact) mass is 376 g/mol. The summed E-state index contributed by atoms with van der Waals surface area (Å²) in [5.74, 6) is -3.32. The summed E-state index contributed by atoms with van der Waals surface area (Å²) in [6.45, 7) is 1.86. The van der Waals surface area contributed by atoms with Gasteiger partial charge >= 0.3 is 10.2 Å². The predicted molar refractivity (Wildman–Crippen MR) is 80.9 cm³/mol. The van der Waals surface area contributed by atoms with Gasteiger partial charge < -0.3 is 11.1 Å². The van der Waals surface area contributed by atoms with Crippen LogP contribution < -0.4 is 11.1 Å². The van der Waals surface area contributed by atoms with E-state index in [1.807, 2.05) is 6.92 Å². The van der Waals surface area contributed by atoms with Crippen LogP contribution in [-0.2, 0) is 4.79 Å². The Hall–Kier alpha value is -1.42. The summed E-state index contributed by atoms with van der Waals surface area (Å²) >= 11 is 0. The Morgan fingerprint density at radius 1 is 1.21 bits per heavy atom. The van der Waals surface area contributed by atoms with Gasteiger partial charge in [-0.1, -0.05) is 32.8 Å². The lowest BCUT2D eigenvalue weighted by molar-refractivity contribution is -0.121. The van der Waals surface area contributed by atoms with E-state index in [4.69, 9.17) is 5.73 Å². The zero-order valence-electron chi connectivity index (χ0n) is 12.7. The van der Waals surface area contributed by atoms with Crippen LogP contribution in [0.15, 0.2) is 23.1 Å². The lowest BCUT2D eigenvalue weighted by Crippen LogP contribution is -2.45. The van der Waals surface area contributed by atoms with E-state index in [9.17, 15) is 28.6 Å². The van der Waals surface area contributed by atoms with Gasteiger partial charge in [-0.2, -0.15) is 0 Å². The smallest absolute Gasteiger partial charge is 0.313 e. The van der Waals surface area contributed by atoms with Gasteiger partial charge in [-0.05, 0) is 37.0 Å². The van der Waals surface area contributed by atoms with Crippen molar-refractivity contribution in [1.29, 1.82) is 0 Å². The average Bonchev–Trinajstić information content (AvgIpc) is 2.41. The molecule has 0 aromatic heterocycles. The van der Waals surface area contributed by atoms with Gasteiger partial charge in [-0.25, -0.2) is 4.39 Å². The maximum absolute atomic E-state index is 13.3. The molecule has 1 aliphatic carbocycles. The Kier molecular flexibility index (Phi) is 4.17. The number of nitrogens with one attached hydrogen (secondary N) is 1. The van der Waals surface area contributed by atoms with E-state index in [0.717, 1.165) is 18.9 Å². The van der Waals surface area contributed by atoms with Crippen LogP contribution in [0, 0.1) is 17.7 Å². The minimum Gasteiger partial charge on any atom is -0.327 e. The van der Waals surface area contributed by atoms with Gasteiger partial charge in [0.15, 0.2) is 0 Å². The molecule has 3 atom stereocenters. The molecule has 0 radical (unpaired) electrons. The summed E-state index contributed by atoms with van der Waals surface area (Å²) in [4.78, 5) is 9.54. The molecule has 0 spiro atoms. The molecular weight excluding hydrogens is 358 g/mol. The first-order valence-corrected chi connectivity index (χ1v) is 9.24. The highest BCUT2D eigenvalue weighted by atomic mass is 32.5. The van der Waals surface area contributed by atoms with Crippen molar-refractivity contribution >= 4 is 21.8 Å². The highest BCUT2D eigenvalue weighted by molar-refractivity contribution is 8.45. The van der Waals surface area contributed by atoms with Crippen LogP contribution in [0.25, 0.3) is 0 Å². The Bertz CT molecular complexity index is 663. The summed E-state index contributed by atoms with van der Waals surface area (Å²) in [6.07, 6.45) is 2.01. The van der Waals surface area contributed by atoms with Gasteiger partial charge in [-0.3, -0.25) is 4.79 Å². The number of carbonyl (C=O) groups is 1. The van der Waals surface area contributed by atoms with Crippen LogP contribution in [0.4, 0.5) is 29.5 Å². The lowest BCUT2D eigenvalue weighted by atomic mass is 9.78. The molecule has 0 bridgehead atoms. The molecule has 3 N–H and O–H groups in total. The molecule has 138 valence electrons. The molecule has 0 saturated heterocycles. The first-order chi connectivity index (χ1) is 10.7. The number of hydrogen-bond donors (Lipinski definition) is 2. The van der Waals surface area contributed by atoms with Crippen molar-refractivity contribution < 1.29 is 28.6 Å². The number of benzene rings is 1. The molecule has 0 aliphatic heterocycles. The van der Waals surface area contributed by atoms with Crippen LogP contribution in [0.3, 0.4) is 0 Å². The first-order valence-electron chi connectivity index (χ1n) is 7.29. The summed E-state index contributed by atoms with van der Waals surface area (Å²) in [5.41, 5.74) is 5.38. The fourth-order valence-electron chi connectivity index (χ4n) is 2.86. The molecule has 1 amide bonds. The maximum atomic E-state index is 13.3. The molecule has 10 heteroatoms. The number of halogens is 6. The molecular formula is C14H18F6N2OS. The molecule has 3 nitrogen and oxygen atoms in total. The third-order valence-corrected chi connectivity index (χ3v) is 5.39. The highest BCUT2D eigenvalue weighted by Crippen LogP contribution is 3.02. The molecule has 24 heavy (non-hydrogen) atoms. The Morgan fingerprint density at radius 2 is 1.83 bits per heavy atom. The van der Waals surface area contributed by atoms with Gasteiger partial charge in [0.1, 0.15) is 10.7 Å². The van der Waals surface area contributed by atoms with Crippen molar-refractivity contribution in [2.24, 2.45) is 17.6 Å². The molecule has 0 heterocycles. The summed E-state index contributed by atoms with van der Waals surface area (Å²) in [6, 6.07) is 0.505. The molecule has 1 aromatic carbocycles. The van der Waals surface area contributed by atoms with Crippen molar-refractivity contribution in [2.75, 3.05) is 5.32 Å². The number of nitrogens with two attached hydrogens (primary N) is 1. The average molecular weight is 376 g/mol. The van der Waals surface area contributed by atoms with Crippen LogP contribution in [0.5, 0.6) is 0 Å². The number of carbonyl (C=O) groups excluding carboxylic acids is 1. The minimum absolute atomic E-state index is 0.0583. The second-order valence-electron chi connectivity index (χ2n) is 6.20. The topological polar surface area (TPSA) is 55.1 Å². The summed E-state index contributed by atoms with van der Waals surface area (Å²) in [7, 11) is -10.2. The van der Waals surface area contributed by atoms with Gasteiger partial charge in [0.05, 0.1) is 5.92 Å². The van der Waals surface area contributed by atoms with E-state index < -0.39 is 44.5 Å². The minimum atomic E-state index is -10.2. The largest absolute Gasteiger partial charge is 0.327 e. The normalized spacial score (nSPS) is 27.9. The molecule has 1 saturated carbocycles. The van der Waals surface area contributed by atoms with E-state index in [-0.39, 0.29) is 18.1 Å². The summed E-state index contributed by atoms with van der Waals surface area (Å²) < 4.78 is 77.4. The fourth-order valence-corrected chi connectivity index (χ4v) is 3.65. The lowest BCUT2D eigenvalue weighted by Gasteiger charge is -2.40. The number of rotatable bonds is 3. The van der Waals surface area contributed by atoms with E-state index in [1.54, 1.807) is 0 Å². The molecule has 1 aliphatic rings. The van der Waals surface area contributed by atoms with Crippen molar-refractivity contribution in [1.82, 2.24) is 0 Å². The van der Waals surface area contributed by atoms with E-state index in [2.05, 4.69) is 5.32 Å². The summed E-state index contributed by atoms with van der Waals surface area (Å²) in [5, 5.41) is 2.14. The Morgan fingerprint density at radius 3 is 2.42 bits per heavy atom. The maximum Gasteiger partial charge on any atom is 0.313 e. The molecule has 1 aromatic rings. The third kappa shape index (κ3) is 4.15. The second kappa shape index (κ2) is 5.29. The van der Waals surface area contributed by atoms with Crippen LogP contribution in [-0.4, -0.2) is 11.9 Å². The van der Waals surface area contributed by atoms with Crippen molar-refractivity contribution in [3.8, 4) is 0 Å². The number of amides is 1. The number of anilines is 1. The van der Waals surface area contributed by atoms with Gasteiger partial charge in [-0.15, -0.1) is 0 Å². The first kappa shape index (κ1) is 18.9. The number of hydrogen-bond acceptors (Lipinski definition) is 2. The third-order valence-electron chi connectivity index (χ3n) is 4.25. The SMILES string of the molecule is C[C@H]1CCCC(C(=O)Nc2ccc(F)c(S(F)(F)(F)(F)F)c2)C1N. The van der Waals surface area contributed by atoms with Gasteiger partial charge in [0.2, 0.25) is 5.91 Å². The zero-order chi connectivity index (χ0) is 18.4. The standard InChI is InChI=1S/C14H18F6N2OS/c1-8-3-2-4-10(13(8)21)14(23)22-9-5-6-11(15)12(7-9)24(16,17,18,19)20/h5-8,10,13H,2-4,21H2,1H3,(H,22,23)/t8-,10?,13?/m0/s1. The quantitative estimate of drug-likeness (QED) is 0.714. The Labute approximate surface area is 135 Å². The molecule has 2 rings (SSSR count). The van der Waals surface area contributed by atoms with Crippen molar-refractivity contribution in [2.45, 2.75) is 37.1 Å².